The van der Waals surface area contributed by atoms with E-state index >= 15 is 0 Å². The van der Waals surface area contributed by atoms with E-state index in [1.165, 1.54) is 4.88 Å². The molecule has 1 amide bonds. The first kappa shape index (κ1) is 19.7. The Morgan fingerprint density at radius 2 is 2.15 bits per heavy atom. The van der Waals surface area contributed by atoms with Crippen molar-refractivity contribution < 1.29 is 9.53 Å². The Labute approximate surface area is 161 Å². The number of hydrogen-bond acceptors (Lipinski definition) is 6. The minimum Gasteiger partial charge on any atom is -0.379 e. The Morgan fingerprint density at radius 1 is 1.35 bits per heavy atom. The van der Waals surface area contributed by atoms with Crippen LogP contribution in [0.4, 0.5) is 0 Å². The molecule has 0 saturated carbocycles. The van der Waals surface area contributed by atoms with Gasteiger partial charge in [-0.25, -0.2) is 4.98 Å². The number of aromatic nitrogens is 1. The molecule has 26 heavy (non-hydrogen) atoms. The Morgan fingerprint density at radius 3 is 2.85 bits per heavy atom. The summed E-state index contributed by atoms with van der Waals surface area (Å²) in [5.41, 5.74) is 3.07. The lowest BCUT2D eigenvalue weighted by Gasteiger charge is -2.39. The first-order valence-corrected chi connectivity index (χ1v) is 10.7. The molecule has 146 valence electrons. The summed E-state index contributed by atoms with van der Waals surface area (Å²) in [6.07, 6.45) is 3.33. The van der Waals surface area contributed by atoms with Crippen LogP contribution in [-0.2, 0) is 16.1 Å². The average Bonchev–Trinajstić information content (AvgIpc) is 3.04. The molecule has 3 rings (SSSR count). The Hall–Kier alpha value is -1.02. The number of carbonyl (C=O) groups is 1. The van der Waals surface area contributed by atoms with Crippen molar-refractivity contribution >= 4 is 17.2 Å². The lowest BCUT2D eigenvalue weighted by molar-refractivity contribution is -0.132. The van der Waals surface area contributed by atoms with Crippen molar-refractivity contribution in [2.24, 2.45) is 0 Å². The van der Waals surface area contributed by atoms with E-state index < -0.39 is 0 Å². The molecule has 1 aromatic heterocycles. The number of morpholine rings is 1. The highest BCUT2D eigenvalue weighted by atomic mass is 32.1. The molecule has 2 fully saturated rings. The van der Waals surface area contributed by atoms with E-state index in [9.17, 15) is 4.79 Å². The fraction of sp³-hybridized carbons (Fsp3) is 0.789. The maximum Gasteiger partial charge on any atom is 0.219 e. The summed E-state index contributed by atoms with van der Waals surface area (Å²) in [4.78, 5) is 25.0. The largest absolute Gasteiger partial charge is 0.379 e. The molecule has 3 heterocycles. The van der Waals surface area contributed by atoms with E-state index in [1.807, 2.05) is 5.51 Å². The molecular weight excluding hydrogens is 348 g/mol. The van der Waals surface area contributed by atoms with Crippen molar-refractivity contribution in [2.45, 2.75) is 45.7 Å². The van der Waals surface area contributed by atoms with E-state index in [2.05, 4.69) is 26.6 Å². The van der Waals surface area contributed by atoms with Gasteiger partial charge >= 0.3 is 0 Å². The first-order valence-electron chi connectivity index (χ1n) is 9.82. The highest BCUT2D eigenvalue weighted by Crippen LogP contribution is 2.21. The Balaban J connectivity index is 1.49. The van der Waals surface area contributed by atoms with E-state index in [0.29, 0.717) is 6.04 Å². The molecule has 2 aliphatic rings. The van der Waals surface area contributed by atoms with Crippen molar-refractivity contribution in [3.63, 3.8) is 0 Å². The molecule has 7 heteroatoms. The molecule has 0 spiro atoms. The molecule has 0 aliphatic carbocycles. The number of aryl methyl sites for hydroxylation is 1. The summed E-state index contributed by atoms with van der Waals surface area (Å²) >= 11 is 1.74. The van der Waals surface area contributed by atoms with Gasteiger partial charge in [0.2, 0.25) is 5.91 Å². The van der Waals surface area contributed by atoms with Crippen LogP contribution < -0.4 is 0 Å². The summed E-state index contributed by atoms with van der Waals surface area (Å²) in [7, 11) is 0. The van der Waals surface area contributed by atoms with Crippen molar-refractivity contribution in [3.8, 4) is 0 Å². The van der Waals surface area contributed by atoms with E-state index in [0.717, 1.165) is 84.0 Å². The number of nitrogens with zero attached hydrogens (tertiary/aromatic N) is 4. The van der Waals surface area contributed by atoms with Gasteiger partial charge < -0.3 is 9.64 Å². The molecule has 1 unspecified atom stereocenters. The highest BCUT2D eigenvalue weighted by Gasteiger charge is 2.27. The SMILES string of the molecule is CC(=O)N(CCCN1CCOCC1)C1CCCN(Cc2scnc2C)C1. The van der Waals surface area contributed by atoms with Crippen LogP contribution in [0.25, 0.3) is 0 Å². The minimum absolute atomic E-state index is 0.216. The summed E-state index contributed by atoms with van der Waals surface area (Å²) in [5.74, 6) is 0.216. The number of carbonyl (C=O) groups excluding carboxylic acids is 1. The van der Waals surface area contributed by atoms with Gasteiger partial charge in [-0.1, -0.05) is 0 Å². The third-order valence-corrected chi connectivity index (χ3v) is 6.43. The average molecular weight is 381 g/mol. The fourth-order valence-corrected chi connectivity index (χ4v) is 4.82. The quantitative estimate of drug-likeness (QED) is 0.724. The topological polar surface area (TPSA) is 48.9 Å². The zero-order chi connectivity index (χ0) is 18.4. The number of piperidine rings is 1. The van der Waals surface area contributed by atoms with Gasteiger partial charge in [0.15, 0.2) is 0 Å². The van der Waals surface area contributed by atoms with Gasteiger partial charge in [-0.05, 0) is 32.7 Å². The zero-order valence-electron chi connectivity index (χ0n) is 16.2. The predicted octanol–water partition coefficient (Wildman–Crippen LogP) is 1.99. The minimum atomic E-state index is 0.216. The van der Waals surface area contributed by atoms with Gasteiger partial charge in [0, 0.05) is 57.1 Å². The van der Waals surface area contributed by atoms with Crippen molar-refractivity contribution in [3.05, 3.63) is 16.1 Å². The standard InChI is InChI=1S/C19H32N4O2S/c1-16-19(26-15-20-16)14-22-6-3-5-18(13-22)23(17(2)24)8-4-7-21-9-11-25-12-10-21/h15,18H,3-14H2,1-2H3. The molecule has 0 bridgehead atoms. The van der Waals surface area contributed by atoms with E-state index in [-0.39, 0.29) is 5.91 Å². The molecule has 0 aromatic carbocycles. The van der Waals surface area contributed by atoms with E-state index in [1.54, 1.807) is 18.3 Å². The molecule has 0 N–H and O–H groups in total. The second kappa shape index (κ2) is 9.78. The first-order chi connectivity index (χ1) is 12.6. The summed E-state index contributed by atoms with van der Waals surface area (Å²) < 4.78 is 5.41. The van der Waals surface area contributed by atoms with Crippen molar-refractivity contribution in [2.75, 3.05) is 52.5 Å². The predicted molar refractivity (Wildman–Crippen MR) is 104 cm³/mol. The van der Waals surface area contributed by atoms with Gasteiger partial charge in [0.05, 0.1) is 24.4 Å². The second-order valence-corrected chi connectivity index (χ2v) is 8.35. The monoisotopic (exact) mass is 380 g/mol. The highest BCUT2D eigenvalue weighted by molar-refractivity contribution is 7.09. The molecular formula is C19H32N4O2S. The van der Waals surface area contributed by atoms with Crippen LogP contribution in [0.1, 0.15) is 36.8 Å². The fourth-order valence-electron chi connectivity index (χ4n) is 4.00. The van der Waals surface area contributed by atoms with Gasteiger partial charge in [-0.15, -0.1) is 11.3 Å². The number of rotatable bonds is 7. The van der Waals surface area contributed by atoms with Crippen LogP contribution >= 0.6 is 11.3 Å². The van der Waals surface area contributed by atoms with Gasteiger partial charge in [-0.2, -0.15) is 0 Å². The Kier molecular flexibility index (Phi) is 7.42. The summed E-state index contributed by atoms with van der Waals surface area (Å²) in [6, 6.07) is 0.346. The normalized spacial score (nSPS) is 22.5. The van der Waals surface area contributed by atoms with Gasteiger partial charge in [0.1, 0.15) is 0 Å². The number of amides is 1. The summed E-state index contributed by atoms with van der Waals surface area (Å²) in [6.45, 7) is 12.5. The van der Waals surface area contributed by atoms with Crippen molar-refractivity contribution in [1.82, 2.24) is 19.7 Å². The van der Waals surface area contributed by atoms with Crippen LogP contribution in [0.3, 0.4) is 0 Å². The van der Waals surface area contributed by atoms with Gasteiger partial charge in [-0.3, -0.25) is 14.6 Å². The van der Waals surface area contributed by atoms with Gasteiger partial charge in [0.25, 0.3) is 0 Å². The molecule has 0 radical (unpaired) electrons. The van der Waals surface area contributed by atoms with Crippen LogP contribution in [0.5, 0.6) is 0 Å². The molecule has 1 aromatic rings. The van der Waals surface area contributed by atoms with Crippen LogP contribution in [0.2, 0.25) is 0 Å². The van der Waals surface area contributed by atoms with Crippen LogP contribution in [0, 0.1) is 6.92 Å². The molecule has 2 aliphatic heterocycles. The summed E-state index contributed by atoms with van der Waals surface area (Å²) in [5, 5.41) is 0. The number of likely N-dealkylation sites (tertiary alicyclic amines) is 1. The Bertz CT molecular complexity index is 574. The van der Waals surface area contributed by atoms with E-state index in [4.69, 9.17) is 4.74 Å². The molecule has 1 atom stereocenters. The second-order valence-electron chi connectivity index (χ2n) is 7.41. The smallest absolute Gasteiger partial charge is 0.219 e. The molecule has 2 saturated heterocycles. The number of thiazole rings is 1. The van der Waals surface area contributed by atoms with Crippen LogP contribution in [-0.4, -0.2) is 84.1 Å². The maximum atomic E-state index is 12.3. The maximum absolute atomic E-state index is 12.3. The number of hydrogen-bond donors (Lipinski definition) is 0. The third-order valence-electron chi connectivity index (χ3n) is 5.52. The zero-order valence-corrected chi connectivity index (χ0v) is 17.0. The van der Waals surface area contributed by atoms with Crippen LogP contribution in [0.15, 0.2) is 5.51 Å². The van der Waals surface area contributed by atoms with Crippen molar-refractivity contribution in [1.29, 1.82) is 0 Å². The number of ether oxygens (including phenoxy) is 1. The molecule has 6 nitrogen and oxygen atoms in total. The lowest BCUT2D eigenvalue weighted by Crippen LogP contribution is -2.50. The lowest BCUT2D eigenvalue weighted by atomic mass is 10.0. The third kappa shape index (κ3) is 5.49.